The van der Waals surface area contributed by atoms with Crippen LogP contribution in [0.25, 0.3) is 0 Å². The molecule has 0 spiro atoms. The zero-order valence-corrected chi connectivity index (χ0v) is 10.8. The maximum atomic E-state index is 5.70. The summed E-state index contributed by atoms with van der Waals surface area (Å²) in [4.78, 5) is 0. The van der Waals surface area contributed by atoms with Crippen LogP contribution in [-0.4, -0.2) is 19.0 Å². The average molecular weight is 228 g/mol. The standard InChI is InChI=1S/C3H7S.2C2H5O.CH3.Ti/c1-2-3-4;2*1-2-3;;/h4H,1-3H2;2*2H2,1H3;1H3;/q;2*-1;;+2. The first-order valence-electron chi connectivity index (χ1n) is 4.57. The van der Waals surface area contributed by atoms with E-state index in [9.17, 15) is 0 Å². The second-order valence-corrected chi connectivity index (χ2v) is 8.50. The van der Waals surface area contributed by atoms with Gasteiger partial charge in [-0.2, -0.15) is 0 Å². The Morgan fingerprint density at radius 2 is 1.67 bits per heavy atom. The number of thiol groups is 1. The van der Waals surface area contributed by atoms with Gasteiger partial charge in [-0.25, -0.2) is 0 Å². The minimum atomic E-state index is -2.32. The van der Waals surface area contributed by atoms with Crippen molar-refractivity contribution in [1.82, 2.24) is 0 Å². The van der Waals surface area contributed by atoms with Gasteiger partial charge in [0, 0.05) is 0 Å². The Hall–Kier alpha value is 0.984. The van der Waals surface area contributed by atoms with Crippen molar-refractivity contribution in [2.75, 3.05) is 19.0 Å². The maximum absolute atomic E-state index is 5.70. The van der Waals surface area contributed by atoms with Crippen molar-refractivity contribution in [2.45, 2.75) is 30.2 Å². The Morgan fingerprint density at radius 3 is 2.00 bits per heavy atom. The van der Waals surface area contributed by atoms with Gasteiger partial charge in [0.05, 0.1) is 0 Å². The topological polar surface area (TPSA) is 18.5 Å². The summed E-state index contributed by atoms with van der Waals surface area (Å²) in [6.45, 7) is 5.62. The Morgan fingerprint density at radius 1 is 1.17 bits per heavy atom. The molecule has 74 valence electrons. The summed E-state index contributed by atoms with van der Waals surface area (Å²) in [6.07, 6.45) is 1.11. The summed E-state index contributed by atoms with van der Waals surface area (Å²) in [5.74, 6) is 0.932. The SMILES string of the molecule is CC[O][Ti]([CH3])([CH2]CCS)[O]CC. The quantitative estimate of drug-likeness (QED) is 0.533. The van der Waals surface area contributed by atoms with Crippen molar-refractivity contribution >= 4 is 12.6 Å². The van der Waals surface area contributed by atoms with E-state index in [1.54, 1.807) is 0 Å². The van der Waals surface area contributed by atoms with Crippen LogP contribution in [0.3, 0.4) is 0 Å². The van der Waals surface area contributed by atoms with E-state index in [4.69, 9.17) is 6.64 Å². The molecule has 0 atom stereocenters. The molecule has 2 nitrogen and oxygen atoms in total. The molecular formula is C8H20O2STi. The molecule has 0 aliphatic carbocycles. The van der Waals surface area contributed by atoms with Gasteiger partial charge in [-0.1, -0.05) is 0 Å². The van der Waals surface area contributed by atoms with E-state index in [0.29, 0.717) is 0 Å². The predicted molar refractivity (Wildman–Crippen MR) is 52.4 cm³/mol. The van der Waals surface area contributed by atoms with Gasteiger partial charge in [-0.15, -0.1) is 0 Å². The van der Waals surface area contributed by atoms with E-state index in [1.807, 2.05) is 13.8 Å². The summed E-state index contributed by atoms with van der Waals surface area (Å²) < 4.78 is 12.5. The van der Waals surface area contributed by atoms with Gasteiger partial charge >= 0.3 is 85.8 Å². The van der Waals surface area contributed by atoms with Gasteiger partial charge in [0.15, 0.2) is 0 Å². The third-order valence-electron chi connectivity index (χ3n) is 1.69. The van der Waals surface area contributed by atoms with Crippen molar-refractivity contribution in [3.8, 4) is 0 Å². The van der Waals surface area contributed by atoms with Crippen LogP contribution < -0.4 is 0 Å². The Kier molecular flexibility index (Phi) is 8.00. The van der Waals surface area contributed by atoms with Crippen molar-refractivity contribution in [2.24, 2.45) is 0 Å². The van der Waals surface area contributed by atoms with Crippen molar-refractivity contribution in [3.63, 3.8) is 0 Å². The minimum absolute atomic E-state index is 0.781. The van der Waals surface area contributed by atoms with Gasteiger partial charge in [-0.3, -0.25) is 0 Å². The molecule has 0 aromatic heterocycles. The number of hydrogen-bond acceptors (Lipinski definition) is 3. The molecule has 12 heavy (non-hydrogen) atoms. The van der Waals surface area contributed by atoms with Crippen LogP contribution in [0.15, 0.2) is 0 Å². The molecular weight excluding hydrogens is 208 g/mol. The first-order chi connectivity index (χ1) is 5.68. The van der Waals surface area contributed by atoms with E-state index < -0.39 is 17.4 Å². The molecule has 0 aromatic carbocycles. The summed E-state index contributed by atoms with van der Waals surface area (Å²) in [5.41, 5.74) is 0. The second kappa shape index (κ2) is 7.39. The summed E-state index contributed by atoms with van der Waals surface area (Å²) in [6, 6.07) is 0. The molecule has 0 heterocycles. The fourth-order valence-electron chi connectivity index (χ4n) is 1.20. The van der Waals surface area contributed by atoms with Gasteiger partial charge in [-0.05, 0) is 0 Å². The molecule has 0 aromatic rings. The molecule has 0 fully saturated rings. The normalized spacial score (nSPS) is 12.0. The zero-order valence-electron chi connectivity index (χ0n) is 8.30. The van der Waals surface area contributed by atoms with Crippen LogP contribution in [0, 0.1) is 0 Å². The third kappa shape index (κ3) is 5.60. The predicted octanol–water partition coefficient (Wildman–Crippen LogP) is 2.83. The Balaban J connectivity index is 3.80. The van der Waals surface area contributed by atoms with Crippen LogP contribution in [0.2, 0.25) is 9.95 Å². The summed E-state index contributed by atoms with van der Waals surface area (Å²) in [7, 11) is 0. The fraction of sp³-hybridized carbons (Fsp3) is 1.00. The van der Waals surface area contributed by atoms with Crippen LogP contribution in [0.5, 0.6) is 0 Å². The molecule has 0 N–H and O–H groups in total. The molecule has 0 aliphatic rings. The van der Waals surface area contributed by atoms with Crippen LogP contribution >= 0.6 is 12.6 Å². The van der Waals surface area contributed by atoms with E-state index in [1.165, 1.54) is 0 Å². The molecule has 0 bridgehead atoms. The van der Waals surface area contributed by atoms with E-state index in [-0.39, 0.29) is 0 Å². The van der Waals surface area contributed by atoms with Crippen molar-refractivity contribution in [1.29, 1.82) is 0 Å². The molecule has 0 rings (SSSR count). The molecule has 4 heteroatoms. The summed E-state index contributed by atoms with van der Waals surface area (Å²) >= 11 is 1.87. The molecule has 0 saturated carbocycles. The first kappa shape index (κ1) is 13.0. The molecule has 0 radical (unpaired) electrons. The van der Waals surface area contributed by atoms with E-state index in [2.05, 4.69) is 17.9 Å². The molecule has 0 amide bonds. The second-order valence-electron chi connectivity index (χ2n) is 2.83. The van der Waals surface area contributed by atoms with Gasteiger partial charge in [0.25, 0.3) is 0 Å². The van der Waals surface area contributed by atoms with Crippen molar-refractivity contribution in [3.05, 3.63) is 0 Å². The van der Waals surface area contributed by atoms with Gasteiger partial charge in [0.1, 0.15) is 0 Å². The average Bonchev–Trinajstić information content (AvgIpc) is 2.02. The Bertz CT molecular complexity index is 105. The molecule has 0 aliphatic heterocycles. The van der Waals surface area contributed by atoms with E-state index >= 15 is 0 Å². The number of rotatable bonds is 7. The van der Waals surface area contributed by atoms with Crippen LogP contribution in [-0.2, 0) is 24.0 Å². The molecule has 0 saturated heterocycles. The monoisotopic (exact) mass is 228 g/mol. The fourth-order valence-corrected chi connectivity index (χ4v) is 5.59. The summed E-state index contributed by atoms with van der Waals surface area (Å²) in [5, 5.41) is 2.18. The Labute approximate surface area is 85.7 Å². The van der Waals surface area contributed by atoms with Gasteiger partial charge in [0.2, 0.25) is 0 Å². The van der Waals surface area contributed by atoms with Crippen LogP contribution in [0.1, 0.15) is 20.3 Å². The molecule has 0 unspecified atom stereocenters. The van der Waals surface area contributed by atoms with Gasteiger partial charge < -0.3 is 0 Å². The number of hydrogen-bond donors (Lipinski definition) is 1. The first-order valence-corrected chi connectivity index (χ1v) is 9.14. The third-order valence-corrected chi connectivity index (χ3v) is 6.78. The van der Waals surface area contributed by atoms with Crippen molar-refractivity contribution < 1.29 is 24.0 Å². The van der Waals surface area contributed by atoms with E-state index in [0.717, 1.165) is 30.1 Å². The zero-order chi connectivity index (χ0) is 9.45. The van der Waals surface area contributed by atoms with Crippen LogP contribution in [0.4, 0.5) is 0 Å².